The number of halogens is 1. The minimum atomic E-state index is 0.120. The van der Waals surface area contributed by atoms with Gasteiger partial charge in [-0.2, -0.15) is 0 Å². The van der Waals surface area contributed by atoms with Crippen LogP contribution in [0.15, 0.2) is 18.2 Å². The van der Waals surface area contributed by atoms with Gasteiger partial charge in [-0.25, -0.2) is 0 Å². The van der Waals surface area contributed by atoms with E-state index in [9.17, 15) is 0 Å². The fourth-order valence-electron chi connectivity index (χ4n) is 1.07. The highest BCUT2D eigenvalue weighted by molar-refractivity contribution is 7.20. The van der Waals surface area contributed by atoms with Crippen LogP contribution in [-0.2, 0) is 0 Å². The van der Waals surface area contributed by atoms with Gasteiger partial charge < -0.3 is 10.2 Å². The van der Waals surface area contributed by atoms with E-state index < -0.39 is 0 Å². The second-order valence-electron chi connectivity index (χ2n) is 2.42. The average molecular weight is 201 g/mol. The van der Waals surface area contributed by atoms with Crippen molar-refractivity contribution in [2.24, 2.45) is 0 Å². The van der Waals surface area contributed by atoms with Crippen molar-refractivity contribution in [1.82, 2.24) is 0 Å². The molecular formula is C8H5ClO2S. The van der Waals surface area contributed by atoms with Crippen LogP contribution in [-0.4, -0.2) is 10.2 Å². The van der Waals surface area contributed by atoms with E-state index in [0.29, 0.717) is 5.02 Å². The molecular weight excluding hydrogens is 196 g/mol. The molecule has 1 heterocycles. The number of phenols is 1. The molecule has 0 radical (unpaired) electrons. The second kappa shape index (κ2) is 2.54. The van der Waals surface area contributed by atoms with Gasteiger partial charge in [-0.3, -0.25) is 0 Å². The van der Waals surface area contributed by atoms with Gasteiger partial charge in [0.1, 0.15) is 5.75 Å². The third kappa shape index (κ3) is 1.11. The molecule has 0 spiro atoms. The average Bonchev–Trinajstić information content (AvgIpc) is 2.29. The van der Waals surface area contributed by atoms with E-state index in [0.717, 1.165) is 10.1 Å². The first kappa shape index (κ1) is 7.71. The van der Waals surface area contributed by atoms with Crippen molar-refractivity contribution < 1.29 is 10.2 Å². The van der Waals surface area contributed by atoms with Gasteiger partial charge in [0.2, 0.25) is 0 Å². The van der Waals surface area contributed by atoms with Crippen molar-refractivity contribution in [1.29, 1.82) is 0 Å². The maximum Gasteiger partial charge on any atom is 0.172 e. The lowest BCUT2D eigenvalue weighted by Gasteiger charge is -1.94. The van der Waals surface area contributed by atoms with Gasteiger partial charge in [0.25, 0.3) is 0 Å². The maximum absolute atomic E-state index is 9.16. The minimum absolute atomic E-state index is 0.120. The van der Waals surface area contributed by atoms with Gasteiger partial charge >= 0.3 is 0 Å². The molecule has 2 rings (SSSR count). The van der Waals surface area contributed by atoms with E-state index in [1.807, 2.05) is 0 Å². The predicted octanol–water partition coefficient (Wildman–Crippen LogP) is 2.97. The van der Waals surface area contributed by atoms with Crippen LogP contribution in [0, 0.1) is 0 Å². The molecule has 0 saturated heterocycles. The predicted molar refractivity (Wildman–Crippen MR) is 50.2 cm³/mol. The summed E-state index contributed by atoms with van der Waals surface area (Å²) in [6.07, 6.45) is 0. The summed E-state index contributed by atoms with van der Waals surface area (Å²) in [6.45, 7) is 0. The van der Waals surface area contributed by atoms with Gasteiger partial charge in [0, 0.05) is 16.2 Å². The fraction of sp³-hybridized carbons (Fsp3) is 0. The Morgan fingerprint density at radius 2 is 1.92 bits per heavy atom. The van der Waals surface area contributed by atoms with Crippen molar-refractivity contribution in [2.75, 3.05) is 0 Å². The lowest BCUT2D eigenvalue weighted by molar-refractivity contribution is 0.476. The molecule has 4 heteroatoms. The third-order valence-corrected chi connectivity index (χ3v) is 2.76. The van der Waals surface area contributed by atoms with E-state index in [-0.39, 0.29) is 10.8 Å². The number of hydrogen-bond donors (Lipinski definition) is 2. The third-order valence-electron chi connectivity index (χ3n) is 1.56. The molecule has 0 fully saturated rings. The monoisotopic (exact) mass is 200 g/mol. The molecule has 2 N–H and O–H groups in total. The molecule has 0 aliphatic carbocycles. The highest BCUT2D eigenvalue weighted by Gasteiger charge is 2.05. The lowest BCUT2D eigenvalue weighted by Crippen LogP contribution is -1.66. The molecule has 0 unspecified atom stereocenters. The van der Waals surface area contributed by atoms with Crippen LogP contribution in [0.25, 0.3) is 10.1 Å². The van der Waals surface area contributed by atoms with Crippen molar-refractivity contribution in [3.63, 3.8) is 0 Å². The molecule has 0 bridgehead atoms. The van der Waals surface area contributed by atoms with Crippen LogP contribution in [0.5, 0.6) is 10.8 Å². The maximum atomic E-state index is 9.16. The van der Waals surface area contributed by atoms with Crippen LogP contribution in [0.4, 0.5) is 0 Å². The summed E-state index contributed by atoms with van der Waals surface area (Å²) in [5, 5.41) is 19.8. The van der Waals surface area contributed by atoms with Crippen LogP contribution < -0.4 is 0 Å². The second-order valence-corrected chi connectivity index (χ2v) is 3.89. The van der Waals surface area contributed by atoms with Crippen molar-refractivity contribution >= 4 is 33.0 Å². The Morgan fingerprint density at radius 1 is 1.17 bits per heavy atom. The van der Waals surface area contributed by atoms with E-state index in [1.165, 1.54) is 17.4 Å². The molecule has 0 aliphatic heterocycles. The summed E-state index contributed by atoms with van der Waals surface area (Å²) in [5.74, 6) is 0.120. The van der Waals surface area contributed by atoms with Gasteiger partial charge in [0.05, 0.1) is 5.02 Å². The Hall–Kier alpha value is -0.930. The van der Waals surface area contributed by atoms with Crippen LogP contribution in [0.3, 0.4) is 0 Å². The Morgan fingerprint density at radius 3 is 2.67 bits per heavy atom. The van der Waals surface area contributed by atoms with Crippen LogP contribution in [0.1, 0.15) is 0 Å². The molecule has 2 aromatic rings. The van der Waals surface area contributed by atoms with Gasteiger partial charge in [0.15, 0.2) is 5.06 Å². The zero-order valence-electron chi connectivity index (χ0n) is 5.91. The Bertz CT molecular complexity index is 436. The minimum Gasteiger partial charge on any atom is -0.508 e. The van der Waals surface area contributed by atoms with Crippen molar-refractivity contribution in [2.45, 2.75) is 0 Å². The number of rotatable bonds is 0. The summed E-state index contributed by atoms with van der Waals surface area (Å²) in [6, 6.07) is 4.61. The van der Waals surface area contributed by atoms with Gasteiger partial charge in [-0.05, 0) is 12.1 Å². The van der Waals surface area contributed by atoms with Crippen molar-refractivity contribution in [3.8, 4) is 10.8 Å². The zero-order valence-corrected chi connectivity index (χ0v) is 7.49. The van der Waals surface area contributed by atoms with E-state index >= 15 is 0 Å². The molecule has 12 heavy (non-hydrogen) atoms. The Kier molecular flexibility index (Phi) is 1.63. The van der Waals surface area contributed by atoms with Crippen LogP contribution in [0.2, 0.25) is 5.02 Å². The summed E-state index contributed by atoms with van der Waals surface area (Å²) < 4.78 is 0.789. The zero-order chi connectivity index (χ0) is 8.72. The smallest absolute Gasteiger partial charge is 0.172 e. The molecule has 1 aromatic carbocycles. The molecule has 2 nitrogen and oxygen atoms in total. The number of phenolic OH excluding ortho intramolecular Hbond substituents is 1. The molecule has 0 atom stereocenters. The Labute approximate surface area is 77.6 Å². The van der Waals surface area contributed by atoms with E-state index in [4.69, 9.17) is 21.8 Å². The quantitative estimate of drug-likeness (QED) is 0.687. The first-order valence-electron chi connectivity index (χ1n) is 3.28. The first-order valence-corrected chi connectivity index (χ1v) is 4.47. The van der Waals surface area contributed by atoms with E-state index in [2.05, 4.69) is 0 Å². The number of hydrogen-bond acceptors (Lipinski definition) is 3. The topological polar surface area (TPSA) is 40.5 Å². The van der Waals surface area contributed by atoms with E-state index in [1.54, 1.807) is 12.1 Å². The number of aromatic hydroxyl groups is 2. The molecule has 62 valence electrons. The largest absolute Gasteiger partial charge is 0.508 e. The molecule has 0 saturated carbocycles. The van der Waals surface area contributed by atoms with Gasteiger partial charge in [-0.15, -0.1) is 0 Å². The summed E-state index contributed by atoms with van der Waals surface area (Å²) >= 11 is 7.00. The van der Waals surface area contributed by atoms with Crippen molar-refractivity contribution in [3.05, 3.63) is 23.2 Å². The summed E-state index contributed by atoms with van der Waals surface area (Å²) in [5.41, 5.74) is 0. The SMILES string of the molecule is Oc1cc(Cl)c2cc(O)sc2c1. The van der Waals surface area contributed by atoms with Crippen LogP contribution >= 0.6 is 22.9 Å². The molecule has 1 aromatic heterocycles. The highest BCUT2D eigenvalue weighted by atomic mass is 35.5. The molecule has 0 aliphatic rings. The standard InChI is InChI=1S/C8H5ClO2S/c9-6-1-4(10)2-7-5(6)3-8(11)12-7/h1-3,10-11H. The fourth-order valence-corrected chi connectivity index (χ4v) is 2.25. The normalized spacial score (nSPS) is 10.8. The first-order chi connectivity index (χ1) is 5.66. The summed E-state index contributed by atoms with van der Waals surface area (Å²) in [4.78, 5) is 0. The number of fused-ring (bicyclic) bond motifs is 1. The summed E-state index contributed by atoms with van der Waals surface area (Å²) in [7, 11) is 0. The highest BCUT2D eigenvalue weighted by Crippen LogP contribution is 2.37. The van der Waals surface area contributed by atoms with Gasteiger partial charge in [-0.1, -0.05) is 22.9 Å². The lowest BCUT2D eigenvalue weighted by atomic mass is 10.2. The number of thiophene rings is 1. The number of benzene rings is 1. The Balaban J connectivity index is 2.88. The molecule has 0 amide bonds.